The van der Waals surface area contributed by atoms with Gasteiger partial charge in [-0.1, -0.05) is 26.8 Å². The van der Waals surface area contributed by atoms with E-state index in [1.165, 1.54) is 23.3 Å². The number of carbonyl (C=O) groups excluding carboxylic acids is 2. The van der Waals surface area contributed by atoms with Gasteiger partial charge in [-0.25, -0.2) is 4.79 Å². The van der Waals surface area contributed by atoms with Crippen molar-refractivity contribution in [2.75, 3.05) is 19.0 Å². The molecule has 0 saturated heterocycles. The highest BCUT2D eigenvalue weighted by Crippen LogP contribution is 2.44. The third-order valence-corrected chi connectivity index (χ3v) is 7.43. The maximum absolute atomic E-state index is 12.7. The fourth-order valence-corrected chi connectivity index (χ4v) is 5.52. The Labute approximate surface area is 189 Å². The van der Waals surface area contributed by atoms with Crippen LogP contribution in [0.2, 0.25) is 0 Å². The molecular weight excluding hydrogens is 410 g/mol. The highest BCUT2D eigenvalue weighted by molar-refractivity contribution is 7.17. The minimum atomic E-state index is -0.395. The molecule has 0 spiro atoms. The van der Waals surface area contributed by atoms with Crippen LogP contribution >= 0.6 is 11.3 Å². The zero-order chi connectivity index (χ0) is 22.9. The third kappa shape index (κ3) is 5.12. The number of carbonyl (C=O) groups is 2. The summed E-state index contributed by atoms with van der Waals surface area (Å²) in [5.41, 5.74) is 4.97. The van der Waals surface area contributed by atoms with Crippen molar-refractivity contribution in [2.24, 2.45) is 11.3 Å². The summed E-state index contributed by atoms with van der Waals surface area (Å²) in [6, 6.07) is 4.03. The van der Waals surface area contributed by atoms with Crippen LogP contribution in [0.15, 0.2) is 12.1 Å². The molecular formula is C25H33NO4S. The lowest BCUT2D eigenvalue weighted by Crippen LogP contribution is -2.26. The Morgan fingerprint density at radius 3 is 2.55 bits per heavy atom. The van der Waals surface area contributed by atoms with Gasteiger partial charge in [0, 0.05) is 4.88 Å². The molecule has 0 bridgehead atoms. The standard InChI is InChI=1S/C25H33NO4S/c1-14-10-15(2)16(3)19(11-14)30-13-21(27)26-23-22(24(28)29-7)18-9-8-17(25(4,5)6)12-20(18)31-23/h10-11,17H,8-9,12-13H2,1-7H3,(H,26,27). The zero-order valence-electron chi connectivity index (χ0n) is 19.6. The van der Waals surface area contributed by atoms with Crippen molar-refractivity contribution in [1.29, 1.82) is 0 Å². The van der Waals surface area contributed by atoms with Crippen LogP contribution in [0.1, 0.15) is 64.7 Å². The largest absolute Gasteiger partial charge is 0.483 e. The maximum Gasteiger partial charge on any atom is 0.341 e. The van der Waals surface area contributed by atoms with Gasteiger partial charge >= 0.3 is 5.97 Å². The molecule has 0 saturated carbocycles. The van der Waals surface area contributed by atoms with E-state index in [9.17, 15) is 9.59 Å². The summed E-state index contributed by atoms with van der Waals surface area (Å²) in [4.78, 5) is 26.4. The molecule has 1 aromatic carbocycles. The highest BCUT2D eigenvalue weighted by atomic mass is 32.1. The second kappa shape index (κ2) is 9.03. The summed E-state index contributed by atoms with van der Waals surface area (Å²) in [6.07, 6.45) is 2.77. The second-order valence-electron chi connectivity index (χ2n) is 9.55. The third-order valence-electron chi connectivity index (χ3n) is 6.26. The Kier molecular flexibility index (Phi) is 6.79. The monoisotopic (exact) mass is 443 g/mol. The number of rotatable bonds is 5. The number of esters is 1. The number of aryl methyl sites for hydroxylation is 2. The molecule has 1 aliphatic rings. The van der Waals surface area contributed by atoms with Gasteiger partial charge in [-0.15, -0.1) is 11.3 Å². The van der Waals surface area contributed by atoms with Crippen LogP contribution in [0.3, 0.4) is 0 Å². The van der Waals surface area contributed by atoms with E-state index in [0.29, 0.717) is 22.2 Å². The van der Waals surface area contributed by atoms with Crippen molar-refractivity contribution in [3.8, 4) is 5.75 Å². The van der Waals surface area contributed by atoms with Crippen LogP contribution in [0.4, 0.5) is 5.00 Å². The van der Waals surface area contributed by atoms with Crippen molar-refractivity contribution < 1.29 is 19.1 Å². The lowest BCUT2D eigenvalue weighted by Gasteiger charge is -2.33. The molecule has 31 heavy (non-hydrogen) atoms. The van der Waals surface area contributed by atoms with E-state index in [1.807, 2.05) is 26.8 Å². The van der Waals surface area contributed by atoms with Crippen molar-refractivity contribution in [3.63, 3.8) is 0 Å². The van der Waals surface area contributed by atoms with E-state index >= 15 is 0 Å². The summed E-state index contributed by atoms with van der Waals surface area (Å²) in [6.45, 7) is 12.7. The summed E-state index contributed by atoms with van der Waals surface area (Å²) in [7, 11) is 1.38. The van der Waals surface area contributed by atoms with Crippen molar-refractivity contribution in [2.45, 2.75) is 60.8 Å². The smallest absolute Gasteiger partial charge is 0.341 e. The van der Waals surface area contributed by atoms with Crippen LogP contribution in [0.25, 0.3) is 0 Å². The first-order chi connectivity index (χ1) is 14.5. The van der Waals surface area contributed by atoms with Gasteiger partial charge in [0.05, 0.1) is 12.7 Å². The second-order valence-corrected chi connectivity index (χ2v) is 10.7. The average Bonchev–Trinajstić information content (AvgIpc) is 3.05. The Morgan fingerprint density at radius 1 is 1.19 bits per heavy atom. The number of methoxy groups -OCH3 is 1. The van der Waals surface area contributed by atoms with Gasteiger partial charge in [-0.05, 0) is 79.7 Å². The Bertz CT molecular complexity index is 1000. The fraction of sp³-hybridized carbons (Fsp3) is 0.520. The van der Waals surface area contributed by atoms with Crippen LogP contribution in [-0.4, -0.2) is 25.6 Å². The van der Waals surface area contributed by atoms with Crippen LogP contribution < -0.4 is 10.1 Å². The first-order valence-electron chi connectivity index (χ1n) is 10.7. The van der Waals surface area contributed by atoms with Gasteiger partial charge in [-0.2, -0.15) is 0 Å². The number of thiophene rings is 1. The van der Waals surface area contributed by atoms with Gasteiger partial charge < -0.3 is 14.8 Å². The summed E-state index contributed by atoms with van der Waals surface area (Å²) >= 11 is 1.50. The lowest BCUT2D eigenvalue weighted by molar-refractivity contribution is -0.118. The number of hydrogen-bond donors (Lipinski definition) is 1. The Hall–Kier alpha value is -2.34. The number of fused-ring (bicyclic) bond motifs is 1. The Balaban J connectivity index is 1.79. The molecule has 0 aliphatic heterocycles. The minimum absolute atomic E-state index is 0.114. The molecule has 1 heterocycles. The quantitative estimate of drug-likeness (QED) is 0.609. The predicted octanol–water partition coefficient (Wildman–Crippen LogP) is 5.63. The normalized spacial score (nSPS) is 15.9. The molecule has 168 valence electrons. The number of benzene rings is 1. The molecule has 5 nitrogen and oxygen atoms in total. The van der Waals surface area contributed by atoms with Crippen LogP contribution in [0, 0.1) is 32.1 Å². The number of amides is 1. The van der Waals surface area contributed by atoms with Gasteiger partial charge in [0.15, 0.2) is 6.61 Å². The van der Waals surface area contributed by atoms with Gasteiger partial charge in [0.1, 0.15) is 10.8 Å². The molecule has 1 aliphatic carbocycles. The Morgan fingerprint density at radius 2 is 1.90 bits per heavy atom. The number of hydrogen-bond acceptors (Lipinski definition) is 5. The molecule has 2 aromatic rings. The van der Waals surface area contributed by atoms with Crippen LogP contribution in [-0.2, 0) is 22.4 Å². The van der Waals surface area contributed by atoms with Crippen LogP contribution in [0.5, 0.6) is 5.75 Å². The molecule has 3 rings (SSSR count). The van der Waals surface area contributed by atoms with E-state index in [0.717, 1.165) is 41.5 Å². The molecule has 0 radical (unpaired) electrons. The zero-order valence-corrected chi connectivity index (χ0v) is 20.4. The average molecular weight is 444 g/mol. The van der Waals surface area contributed by atoms with E-state index in [2.05, 4.69) is 32.2 Å². The van der Waals surface area contributed by atoms with E-state index in [1.54, 1.807) is 0 Å². The molecule has 1 aromatic heterocycles. The number of anilines is 1. The van der Waals surface area contributed by atoms with E-state index in [-0.39, 0.29) is 17.9 Å². The lowest BCUT2D eigenvalue weighted by atomic mass is 9.72. The van der Waals surface area contributed by atoms with Crippen molar-refractivity contribution in [1.82, 2.24) is 0 Å². The summed E-state index contributed by atoms with van der Waals surface area (Å²) < 4.78 is 10.8. The molecule has 1 N–H and O–H groups in total. The summed E-state index contributed by atoms with van der Waals surface area (Å²) in [5.74, 6) is 0.575. The SMILES string of the molecule is COC(=O)c1c(NC(=O)COc2cc(C)cc(C)c2C)sc2c1CCC(C(C)(C)C)C2. The highest BCUT2D eigenvalue weighted by Gasteiger charge is 2.34. The molecule has 1 unspecified atom stereocenters. The first-order valence-corrected chi connectivity index (χ1v) is 11.6. The molecule has 0 fully saturated rings. The first kappa shape index (κ1) is 23.3. The summed E-state index contributed by atoms with van der Waals surface area (Å²) in [5, 5.41) is 3.48. The van der Waals surface area contributed by atoms with Crippen molar-refractivity contribution in [3.05, 3.63) is 44.8 Å². The number of nitrogens with one attached hydrogen (secondary N) is 1. The minimum Gasteiger partial charge on any atom is -0.483 e. The number of ether oxygens (including phenoxy) is 2. The topological polar surface area (TPSA) is 64.6 Å². The van der Waals surface area contributed by atoms with E-state index < -0.39 is 5.97 Å². The van der Waals surface area contributed by atoms with Gasteiger partial charge in [0.25, 0.3) is 5.91 Å². The van der Waals surface area contributed by atoms with Gasteiger partial charge in [0.2, 0.25) is 0 Å². The molecule has 6 heteroatoms. The van der Waals surface area contributed by atoms with Gasteiger partial charge in [-0.3, -0.25) is 4.79 Å². The fourth-order valence-electron chi connectivity index (χ4n) is 4.19. The predicted molar refractivity (Wildman–Crippen MR) is 125 cm³/mol. The van der Waals surface area contributed by atoms with E-state index in [4.69, 9.17) is 9.47 Å². The maximum atomic E-state index is 12.7. The van der Waals surface area contributed by atoms with Crippen molar-refractivity contribution >= 4 is 28.2 Å². The molecule has 1 atom stereocenters. The molecule has 1 amide bonds.